The van der Waals surface area contributed by atoms with Crippen LogP contribution in [0.2, 0.25) is 5.02 Å². The summed E-state index contributed by atoms with van der Waals surface area (Å²) in [6, 6.07) is 19.5. The first-order valence-electron chi connectivity index (χ1n) is 9.64. The maximum atomic E-state index is 12.6. The number of amides is 1. The lowest BCUT2D eigenvalue weighted by Gasteiger charge is -2.09. The first-order chi connectivity index (χ1) is 15.8. The first kappa shape index (κ1) is 22.8. The van der Waals surface area contributed by atoms with Gasteiger partial charge in [-0.05, 0) is 60.7 Å². The van der Waals surface area contributed by atoms with Gasteiger partial charge in [0.2, 0.25) is 0 Å². The summed E-state index contributed by atoms with van der Waals surface area (Å²) >= 11 is 7.11. The highest BCUT2D eigenvalue weighted by molar-refractivity contribution is 7.92. The number of nitrogens with zero attached hydrogens (tertiary/aromatic N) is 1. The van der Waals surface area contributed by atoms with E-state index in [9.17, 15) is 13.2 Å². The van der Waals surface area contributed by atoms with Gasteiger partial charge in [0.15, 0.2) is 5.13 Å². The average Bonchev–Trinajstić information content (AvgIpc) is 3.28. The number of hydrogen-bond acceptors (Lipinski definition) is 6. The van der Waals surface area contributed by atoms with E-state index in [-0.39, 0.29) is 10.8 Å². The summed E-state index contributed by atoms with van der Waals surface area (Å²) in [7, 11) is -2.21. The standard InChI is InChI=1S/C23H18ClN3O4S2/c1-31-19-9-5-15(6-10-19)22(28)26-23-25-21(14-32-23)16-3-2-4-18(13-16)27-33(29,30)20-11-7-17(24)8-12-20/h2-14,27H,1H3,(H,25,26,28). The normalized spacial score (nSPS) is 11.1. The fraction of sp³-hybridized carbons (Fsp3) is 0.0435. The second-order valence-corrected chi connectivity index (χ2v) is 9.84. The molecule has 7 nitrogen and oxygen atoms in total. The van der Waals surface area contributed by atoms with Crippen LogP contribution in [0.1, 0.15) is 10.4 Å². The molecular weight excluding hydrogens is 482 g/mol. The molecule has 0 radical (unpaired) electrons. The van der Waals surface area contributed by atoms with Crippen molar-refractivity contribution in [1.29, 1.82) is 0 Å². The number of carbonyl (C=O) groups is 1. The summed E-state index contributed by atoms with van der Waals surface area (Å²) in [4.78, 5) is 17.0. The van der Waals surface area contributed by atoms with E-state index in [0.717, 1.165) is 0 Å². The molecule has 2 N–H and O–H groups in total. The zero-order chi connectivity index (χ0) is 23.4. The van der Waals surface area contributed by atoms with Gasteiger partial charge >= 0.3 is 0 Å². The van der Waals surface area contributed by atoms with E-state index >= 15 is 0 Å². The SMILES string of the molecule is COc1ccc(C(=O)Nc2nc(-c3cccc(NS(=O)(=O)c4ccc(Cl)cc4)c3)cs2)cc1. The Morgan fingerprint density at radius 3 is 2.45 bits per heavy atom. The van der Waals surface area contributed by atoms with Crippen LogP contribution in [-0.2, 0) is 10.0 Å². The van der Waals surface area contributed by atoms with Crippen molar-refractivity contribution in [1.82, 2.24) is 4.98 Å². The second kappa shape index (κ2) is 9.62. The summed E-state index contributed by atoms with van der Waals surface area (Å²) in [5.41, 5.74) is 2.18. The highest BCUT2D eigenvalue weighted by Gasteiger charge is 2.15. The highest BCUT2D eigenvalue weighted by atomic mass is 35.5. The van der Waals surface area contributed by atoms with Crippen molar-refractivity contribution in [2.24, 2.45) is 0 Å². The smallest absolute Gasteiger partial charge is 0.261 e. The van der Waals surface area contributed by atoms with Crippen molar-refractivity contribution < 1.29 is 17.9 Å². The summed E-state index contributed by atoms with van der Waals surface area (Å²) in [5.74, 6) is 0.373. The largest absolute Gasteiger partial charge is 0.497 e. The van der Waals surface area contributed by atoms with E-state index in [1.807, 2.05) is 6.07 Å². The van der Waals surface area contributed by atoms with E-state index in [1.165, 1.54) is 35.6 Å². The lowest BCUT2D eigenvalue weighted by atomic mass is 10.1. The fourth-order valence-corrected chi connectivity index (χ4v) is 4.84. The summed E-state index contributed by atoms with van der Waals surface area (Å²) in [6.07, 6.45) is 0. The minimum absolute atomic E-state index is 0.106. The van der Waals surface area contributed by atoms with Gasteiger partial charge in [0.25, 0.3) is 15.9 Å². The molecule has 0 unspecified atom stereocenters. The predicted octanol–water partition coefficient (Wildman–Crippen LogP) is 5.53. The Morgan fingerprint density at radius 1 is 1.03 bits per heavy atom. The Balaban J connectivity index is 1.48. The van der Waals surface area contributed by atoms with Gasteiger partial charge in [0.1, 0.15) is 5.75 Å². The van der Waals surface area contributed by atoms with Crippen molar-refractivity contribution in [2.45, 2.75) is 4.90 Å². The maximum Gasteiger partial charge on any atom is 0.261 e. The van der Waals surface area contributed by atoms with Crippen LogP contribution in [0.15, 0.2) is 83.1 Å². The Kier molecular flexibility index (Phi) is 6.64. The molecule has 4 rings (SSSR count). The van der Waals surface area contributed by atoms with E-state index in [1.54, 1.807) is 55.0 Å². The Hall–Kier alpha value is -3.40. The van der Waals surface area contributed by atoms with E-state index in [0.29, 0.717) is 38.4 Å². The molecule has 1 heterocycles. The summed E-state index contributed by atoms with van der Waals surface area (Å²) in [5, 5.41) is 5.44. The number of nitrogens with one attached hydrogen (secondary N) is 2. The molecule has 3 aromatic carbocycles. The number of methoxy groups -OCH3 is 1. The van der Waals surface area contributed by atoms with Gasteiger partial charge in [-0.25, -0.2) is 13.4 Å². The monoisotopic (exact) mass is 499 g/mol. The number of thiazole rings is 1. The molecule has 1 amide bonds. The Bertz CT molecular complexity index is 1390. The van der Waals surface area contributed by atoms with Crippen molar-refractivity contribution in [3.8, 4) is 17.0 Å². The lowest BCUT2D eigenvalue weighted by Crippen LogP contribution is -2.12. The summed E-state index contributed by atoms with van der Waals surface area (Å²) < 4.78 is 32.9. The molecule has 0 aliphatic heterocycles. The quantitative estimate of drug-likeness (QED) is 0.348. The van der Waals surface area contributed by atoms with Gasteiger partial charge < -0.3 is 4.74 Å². The molecule has 0 saturated carbocycles. The van der Waals surface area contributed by atoms with Gasteiger partial charge in [-0.2, -0.15) is 0 Å². The van der Waals surface area contributed by atoms with Crippen molar-refractivity contribution in [3.05, 3.63) is 88.8 Å². The molecule has 0 atom stereocenters. The van der Waals surface area contributed by atoms with Crippen molar-refractivity contribution in [2.75, 3.05) is 17.1 Å². The van der Waals surface area contributed by atoms with Gasteiger partial charge in [-0.15, -0.1) is 11.3 Å². The third-order valence-electron chi connectivity index (χ3n) is 4.61. The highest BCUT2D eigenvalue weighted by Crippen LogP contribution is 2.28. The van der Waals surface area contributed by atoms with Crippen LogP contribution in [0.3, 0.4) is 0 Å². The molecule has 0 bridgehead atoms. The molecule has 0 spiro atoms. The number of anilines is 2. The summed E-state index contributed by atoms with van der Waals surface area (Å²) in [6.45, 7) is 0. The van der Waals surface area contributed by atoms with Gasteiger partial charge in [-0.3, -0.25) is 14.8 Å². The molecule has 168 valence electrons. The number of halogens is 1. The number of sulfonamides is 1. The predicted molar refractivity (Wildman–Crippen MR) is 131 cm³/mol. The number of hydrogen-bond donors (Lipinski definition) is 2. The number of benzene rings is 3. The first-order valence-corrected chi connectivity index (χ1v) is 12.4. The maximum absolute atomic E-state index is 12.6. The number of carbonyl (C=O) groups excluding carboxylic acids is 1. The molecular formula is C23H18ClN3O4S2. The van der Waals surface area contributed by atoms with Crippen LogP contribution in [0.4, 0.5) is 10.8 Å². The van der Waals surface area contributed by atoms with Gasteiger partial charge in [-0.1, -0.05) is 23.7 Å². The Labute approximate surface area is 200 Å². The van der Waals surface area contributed by atoms with E-state index < -0.39 is 10.0 Å². The molecule has 33 heavy (non-hydrogen) atoms. The second-order valence-electron chi connectivity index (χ2n) is 6.86. The van der Waals surface area contributed by atoms with Crippen LogP contribution >= 0.6 is 22.9 Å². The molecule has 10 heteroatoms. The third kappa shape index (κ3) is 5.51. The molecule has 0 fully saturated rings. The van der Waals surface area contributed by atoms with Gasteiger partial charge in [0, 0.05) is 27.2 Å². The van der Waals surface area contributed by atoms with Gasteiger partial charge in [0.05, 0.1) is 17.7 Å². The zero-order valence-corrected chi connectivity index (χ0v) is 19.7. The molecule has 4 aromatic rings. The third-order valence-corrected chi connectivity index (χ3v) is 7.02. The minimum Gasteiger partial charge on any atom is -0.497 e. The van der Waals surface area contributed by atoms with Crippen LogP contribution in [0.25, 0.3) is 11.3 Å². The topological polar surface area (TPSA) is 97.4 Å². The molecule has 0 aliphatic carbocycles. The number of aromatic nitrogens is 1. The molecule has 1 aromatic heterocycles. The van der Waals surface area contributed by atoms with Crippen molar-refractivity contribution in [3.63, 3.8) is 0 Å². The number of rotatable bonds is 7. The fourth-order valence-electron chi connectivity index (χ4n) is 2.95. The van der Waals surface area contributed by atoms with Crippen molar-refractivity contribution >= 4 is 49.7 Å². The zero-order valence-electron chi connectivity index (χ0n) is 17.3. The van der Waals surface area contributed by atoms with Crippen LogP contribution < -0.4 is 14.8 Å². The molecule has 0 saturated heterocycles. The van der Waals surface area contributed by atoms with Crippen LogP contribution in [-0.4, -0.2) is 26.4 Å². The van der Waals surface area contributed by atoms with Crippen LogP contribution in [0.5, 0.6) is 5.75 Å². The lowest BCUT2D eigenvalue weighted by molar-refractivity contribution is 0.102. The molecule has 0 aliphatic rings. The number of ether oxygens (including phenoxy) is 1. The Morgan fingerprint density at radius 2 is 1.76 bits per heavy atom. The van der Waals surface area contributed by atoms with Crippen LogP contribution in [0, 0.1) is 0 Å². The van der Waals surface area contributed by atoms with E-state index in [2.05, 4.69) is 15.0 Å². The average molecular weight is 500 g/mol. The minimum atomic E-state index is -3.77. The van der Waals surface area contributed by atoms with E-state index in [4.69, 9.17) is 16.3 Å².